The summed E-state index contributed by atoms with van der Waals surface area (Å²) >= 11 is 0. The van der Waals surface area contributed by atoms with Crippen LogP contribution in [0.3, 0.4) is 0 Å². The highest BCUT2D eigenvalue weighted by molar-refractivity contribution is 4.92. The van der Waals surface area contributed by atoms with Gasteiger partial charge in [0.15, 0.2) is 0 Å². The zero-order chi connectivity index (χ0) is 13.0. The second-order valence-corrected chi connectivity index (χ2v) is 6.71. The Labute approximate surface area is 113 Å². The van der Waals surface area contributed by atoms with Crippen molar-refractivity contribution in [1.29, 1.82) is 0 Å². The predicted molar refractivity (Wildman–Crippen MR) is 76.8 cm³/mol. The third-order valence-electron chi connectivity index (χ3n) is 5.11. The molecule has 0 bridgehead atoms. The quantitative estimate of drug-likeness (QED) is 0.827. The van der Waals surface area contributed by atoms with E-state index in [0.717, 1.165) is 25.0 Å². The number of hydrogen-bond donors (Lipinski definition) is 1. The minimum absolute atomic E-state index is 0.217. The van der Waals surface area contributed by atoms with Crippen molar-refractivity contribution in [2.24, 2.45) is 11.8 Å². The lowest BCUT2D eigenvalue weighted by molar-refractivity contribution is -0.0977. The number of rotatable bonds is 3. The fourth-order valence-corrected chi connectivity index (χ4v) is 3.91. The Morgan fingerprint density at radius 2 is 2.06 bits per heavy atom. The number of nitrogens with one attached hydrogen (secondary N) is 1. The molecule has 2 rings (SSSR count). The summed E-state index contributed by atoms with van der Waals surface area (Å²) in [5.74, 6) is 1.76. The van der Waals surface area contributed by atoms with E-state index in [-0.39, 0.29) is 5.60 Å². The summed E-state index contributed by atoms with van der Waals surface area (Å²) in [7, 11) is 0. The molecule has 0 aromatic carbocycles. The third-order valence-corrected chi connectivity index (χ3v) is 5.11. The van der Waals surface area contributed by atoms with Crippen molar-refractivity contribution in [3.63, 3.8) is 0 Å². The van der Waals surface area contributed by atoms with E-state index >= 15 is 0 Å². The first-order valence-electron chi connectivity index (χ1n) is 8.02. The van der Waals surface area contributed by atoms with Gasteiger partial charge in [-0.1, -0.05) is 33.6 Å². The Bertz CT molecular complexity index is 251. The minimum atomic E-state index is 0.217. The maximum absolute atomic E-state index is 6.25. The van der Waals surface area contributed by atoms with Crippen molar-refractivity contribution < 1.29 is 4.74 Å². The van der Waals surface area contributed by atoms with Crippen molar-refractivity contribution in [3.05, 3.63) is 0 Å². The molecule has 1 aliphatic heterocycles. The molecule has 3 unspecified atom stereocenters. The molecule has 2 nitrogen and oxygen atoms in total. The molecule has 1 saturated carbocycles. The van der Waals surface area contributed by atoms with Crippen LogP contribution in [0, 0.1) is 11.8 Å². The summed E-state index contributed by atoms with van der Waals surface area (Å²) in [6.07, 6.45) is 9.16. The normalized spacial score (nSPS) is 38.0. The Hall–Kier alpha value is -0.0800. The molecule has 0 amide bonds. The first-order chi connectivity index (χ1) is 8.65. The molecule has 1 aliphatic carbocycles. The molecule has 2 heteroatoms. The molecular formula is C16H31NO. The van der Waals surface area contributed by atoms with E-state index in [1.54, 1.807) is 0 Å². The predicted octanol–water partition coefficient (Wildman–Crippen LogP) is 3.75. The Kier molecular flexibility index (Phi) is 5.08. The average Bonchev–Trinajstić information content (AvgIpc) is 2.53. The third kappa shape index (κ3) is 3.48. The maximum Gasteiger partial charge on any atom is 0.0697 e. The summed E-state index contributed by atoms with van der Waals surface area (Å²) in [6, 6.07) is 0.694. The zero-order valence-electron chi connectivity index (χ0n) is 12.5. The second kappa shape index (κ2) is 6.38. The summed E-state index contributed by atoms with van der Waals surface area (Å²) in [5.41, 5.74) is 0.217. The topological polar surface area (TPSA) is 21.3 Å². The Morgan fingerprint density at radius 3 is 2.78 bits per heavy atom. The lowest BCUT2D eigenvalue weighted by Gasteiger charge is -2.41. The average molecular weight is 253 g/mol. The van der Waals surface area contributed by atoms with Crippen LogP contribution in [0.2, 0.25) is 0 Å². The van der Waals surface area contributed by atoms with Crippen LogP contribution in [0.5, 0.6) is 0 Å². The van der Waals surface area contributed by atoms with Gasteiger partial charge in [0.25, 0.3) is 0 Å². The molecule has 3 atom stereocenters. The summed E-state index contributed by atoms with van der Waals surface area (Å²) in [6.45, 7) is 9.03. The number of ether oxygens (including phenoxy) is 1. The van der Waals surface area contributed by atoms with Crippen molar-refractivity contribution in [1.82, 2.24) is 5.32 Å². The van der Waals surface area contributed by atoms with Crippen molar-refractivity contribution in [2.75, 3.05) is 13.2 Å². The van der Waals surface area contributed by atoms with Crippen molar-refractivity contribution >= 4 is 0 Å². The second-order valence-electron chi connectivity index (χ2n) is 6.71. The zero-order valence-corrected chi connectivity index (χ0v) is 12.5. The SMILES string of the molecule is CCNC1CCOC2(CCCC(C(C)C)CC2)C1. The molecule has 1 saturated heterocycles. The monoisotopic (exact) mass is 253 g/mol. The lowest BCUT2D eigenvalue weighted by Crippen LogP contribution is -2.46. The van der Waals surface area contributed by atoms with E-state index in [4.69, 9.17) is 4.74 Å². The first-order valence-corrected chi connectivity index (χ1v) is 8.02. The summed E-state index contributed by atoms with van der Waals surface area (Å²) < 4.78 is 6.25. The van der Waals surface area contributed by atoms with Gasteiger partial charge in [-0.15, -0.1) is 0 Å². The van der Waals surface area contributed by atoms with Gasteiger partial charge in [-0.2, -0.15) is 0 Å². The molecule has 0 aromatic rings. The van der Waals surface area contributed by atoms with Gasteiger partial charge < -0.3 is 10.1 Å². The molecule has 18 heavy (non-hydrogen) atoms. The van der Waals surface area contributed by atoms with E-state index in [1.807, 2.05) is 0 Å². The van der Waals surface area contributed by atoms with Gasteiger partial charge in [-0.3, -0.25) is 0 Å². The van der Waals surface area contributed by atoms with Crippen LogP contribution in [0.15, 0.2) is 0 Å². The van der Waals surface area contributed by atoms with Crippen LogP contribution in [0.25, 0.3) is 0 Å². The van der Waals surface area contributed by atoms with Gasteiger partial charge in [0, 0.05) is 12.6 Å². The van der Waals surface area contributed by atoms with Crippen molar-refractivity contribution in [3.8, 4) is 0 Å². The van der Waals surface area contributed by atoms with E-state index in [0.29, 0.717) is 6.04 Å². The van der Waals surface area contributed by atoms with Crippen LogP contribution in [-0.4, -0.2) is 24.8 Å². The highest BCUT2D eigenvalue weighted by Gasteiger charge is 2.39. The summed E-state index contributed by atoms with van der Waals surface area (Å²) in [4.78, 5) is 0. The van der Waals surface area contributed by atoms with Crippen LogP contribution in [0.4, 0.5) is 0 Å². The molecular weight excluding hydrogens is 222 g/mol. The van der Waals surface area contributed by atoms with Crippen molar-refractivity contribution in [2.45, 2.75) is 77.4 Å². The molecule has 1 N–H and O–H groups in total. The fraction of sp³-hybridized carbons (Fsp3) is 1.00. The Balaban J connectivity index is 1.94. The van der Waals surface area contributed by atoms with Gasteiger partial charge in [0.05, 0.1) is 5.60 Å². The van der Waals surface area contributed by atoms with Gasteiger partial charge in [-0.25, -0.2) is 0 Å². The molecule has 2 fully saturated rings. The highest BCUT2D eigenvalue weighted by atomic mass is 16.5. The van der Waals surface area contributed by atoms with Gasteiger partial charge in [0.1, 0.15) is 0 Å². The first kappa shape index (κ1) is 14.3. The highest BCUT2D eigenvalue weighted by Crippen LogP contribution is 2.40. The van der Waals surface area contributed by atoms with E-state index in [9.17, 15) is 0 Å². The largest absolute Gasteiger partial charge is 0.375 e. The van der Waals surface area contributed by atoms with Crippen LogP contribution < -0.4 is 5.32 Å². The van der Waals surface area contributed by atoms with Crippen LogP contribution in [-0.2, 0) is 4.74 Å². The molecule has 1 spiro atoms. The van der Waals surface area contributed by atoms with Crippen LogP contribution in [0.1, 0.15) is 65.7 Å². The molecule has 106 valence electrons. The summed E-state index contributed by atoms with van der Waals surface area (Å²) in [5, 5.41) is 3.63. The van der Waals surface area contributed by atoms with Crippen LogP contribution >= 0.6 is 0 Å². The minimum Gasteiger partial charge on any atom is -0.375 e. The van der Waals surface area contributed by atoms with E-state index < -0.39 is 0 Å². The molecule has 0 radical (unpaired) electrons. The molecule has 1 heterocycles. The van der Waals surface area contributed by atoms with Gasteiger partial charge in [0.2, 0.25) is 0 Å². The van der Waals surface area contributed by atoms with Gasteiger partial charge >= 0.3 is 0 Å². The number of hydrogen-bond acceptors (Lipinski definition) is 2. The maximum atomic E-state index is 6.25. The Morgan fingerprint density at radius 1 is 1.22 bits per heavy atom. The van der Waals surface area contributed by atoms with E-state index in [2.05, 4.69) is 26.1 Å². The van der Waals surface area contributed by atoms with Gasteiger partial charge in [-0.05, 0) is 50.5 Å². The smallest absolute Gasteiger partial charge is 0.0697 e. The molecule has 2 aliphatic rings. The van der Waals surface area contributed by atoms with E-state index in [1.165, 1.54) is 44.9 Å². The lowest BCUT2D eigenvalue weighted by atomic mass is 9.83. The standard InChI is InChI=1S/C16H31NO/c1-4-17-15-8-11-18-16(12-15)9-5-6-14(7-10-16)13(2)3/h13-15,17H,4-12H2,1-3H3. The fourth-order valence-electron chi connectivity index (χ4n) is 3.91. The molecule has 0 aromatic heterocycles.